The van der Waals surface area contributed by atoms with Crippen molar-refractivity contribution in [1.29, 1.82) is 0 Å². The van der Waals surface area contributed by atoms with Crippen molar-refractivity contribution in [1.82, 2.24) is 5.32 Å². The van der Waals surface area contributed by atoms with Gasteiger partial charge in [-0.3, -0.25) is 0 Å². The van der Waals surface area contributed by atoms with E-state index in [2.05, 4.69) is 32.6 Å². The first-order valence-electron chi connectivity index (χ1n) is 5.04. The average Bonchev–Trinajstić information content (AvgIpc) is 2.36. The Morgan fingerprint density at radius 2 is 2.00 bits per heavy atom. The number of halogens is 1. The number of hydrogen-bond donors (Lipinski definition) is 1. The molecule has 1 rings (SSSR count). The molecule has 0 bridgehead atoms. The molecule has 0 saturated carbocycles. The van der Waals surface area contributed by atoms with E-state index in [4.69, 9.17) is 0 Å². The number of carbonyl (C=O) groups is 2. The van der Waals surface area contributed by atoms with Crippen molar-refractivity contribution in [2.45, 2.75) is 6.42 Å². The van der Waals surface area contributed by atoms with Crippen molar-refractivity contribution in [2.75, 3.05) is 6.54 Å². The lowest BCUT2D eigenvalue weighted by Gasteiger charge is -2.03. The van der Waals surface area contributed by atoms with E-state index in [0.717, 1.165) is 0 Å². The van der Waals surface area contributed by atoms with E-state index in [9.17, 15) is 9.59 Å². The number of benzene rings is 1. The molecule has 17 heavy (non-hydrogen) atoms. The molecule has 0 aliphatic carbocycles. The van der Waals surface area contributed by atoms with Gasteiger partial charge >= 0.3 is 12.1 Å². The highest BCUT2D eigenvalue weighted by molar-refractivity contribution is 14.1. The first kappa shape index (κ1) is 13.7. The first-order chi connectivity index (χ1) is 8.24. The van der Waals surface area contributed by atoms with Crippen molar-refractivity contribution in [3.63, 3.8) is 0 Å². The Bertz CT molecular complexity index is 403. The Kier molecular flexibility index (Phi) is 6.31. The Balaban J connectivity index is 2.34. The van der Waals surface area contributed by atoms with Gasteiger partial charge in [0, 0.05) is 6.54 Å². The van der Waals surface area contributed by atoms with Gasteiger partial charge in [-0.15, -0.1) is 0 Å². The smallest absolute Gasteiger partial charge is 0.373 e. The van der Waals surface area contributed by atoms with Gasteiger partial charge in [0.25, 0.3) is 0 Å². The van der Waals surface area contributed by atoms with Gasteiger partial charge in [0.2, 0.25) is 0 Å². The summed E-state index contributed by atoms with van der Waals surface area (Å²) in [5.41, 5.74) is 0.356. The summed E-state index contributed by atoms with van der Waals surface area (Å²) >= 11 is 2.09. The minimum atomic E-state index is -0.722. The molecule has 0 heterocycles. The SMILES string of the molecule is O=C(NCC/C=C/I)OC(=O)c1ccccc1. The standard InChI is InChI=1S/C12H12INO3/c13-8-4-5-9-14-12(16)17-11(15)10-6-2-1-3-7-10/h1-4,6-8H,5,9H2,(H,14,16)/b8-4+. The molecule has 4 nitrogen and oxygen atoms in total. The van der Waals surface area contributed by atoms with E-state index in [0.29, 0.717) is 18.5 Å². The zero-order chi connectivity index (χ0) is 12.5. The van der Waals surface area contributed by atoms with Gasteiger partial charge in [0.15, 0.2) is 0 Å². The number of rotatable bonds is 4. The molecule has 1 N–H and O–H groups in total. The average molecular weight is 345 g/mol. The quantitative estimate of drug-likeness (QED) is 0.395. The minimum absolute atomic E-state index is 0.356. The molecule has 0 radical (unpaired) electrons. The highest BCUT2D eigenvalue weighted by Gasteiger charge is 2.11. The van der Waals surface area contributed by atoms with E-state index >= 15 is 0 Å². The van der Waals surface area contributed by atoms with E-state index in [1.54, 1.807) is 30.3 Å². The number of ether oxygens (including phenoxy) is 1. The fourth-order valence-corrected chi connectivity index (χ4v) is 1.43. The molecule has 0 fully saturated rings. The van der Waals surface area contributed by atoms with Crippen LogP contribution in [0.15, 0.2) is 40.5 Å². The van der Waals surface area contributed by atoms with Crippen LogP contribution < -0.4 is 5.32 Å². The molecule has 1 aromatic carbocycles. The fraction of sp³-hybridized carbons (Fsp3) is 0.167. The van der Waals surface area contributed by atoms with Crippen molar-refractivity contribution in [2.24, 2.45) is 0 Å². The zero-order valence-electron chi connectivity index (χ0n) is 9.06. The predicted molar refractivity (Wildman–Crippen MR) is 73.0 cm³/mol. The maximum Gasteiger partial charge on any atom is 0.415 e. The lowest BCUT2D eigenvalue weighted by Crippen LogP contribution is -2.27. The maximum atomic E-state index is 11.4. The lowest BCUT2D eigenvalue weighted by atomic mass is 10.2. The predicted octanol–water partition coefficient (Wildman–Crippen LogP) is 2.89. The summed E-state index contributed by atoms with van der Waals surface area (Å²) < 4.78 is 6.46. The molecule has 90 valence electrons. The molecule has 0 aliphatic heterocycles. The highest BCUT2D eigenvalue weighted by Crippen LogP contribution is 2.01. The number of nitrogens with one attached hydrogen (secondary N) is 1. The maximum absolute atomic E-state index is 11.4. The zero-order valence-corrected chi connectivity index (χ0v) is 11.2. The molecule has 0 spiro atoms. The Morgan fingerprint density at radius 1 is 1.29 bits per heavy atom. The topological polar surface area (TPSA) is 55.4 Å². The van der Waals surface area contributed by atoms with Crippen LogP contribution in [0.1, 0.15) is 16.8 Å². The van der Waals surface area contributed by atoms with Crippen LogP contribution >= 0.6 is 22.6 Å². The third kappa shape index (κ3) is 5.48. The second-order valence-corrected chi connectivity index (χ2v) is 3.84. The highest BCUT2D eigenvalue weighted by atomic mass is 127. The number of carbonyl (C=O) groups excluding carboxylic acids is 2. The largest absolute Gasteiger partial charge is 0.415 e. The van der Waals surface area contributed by atoms with Crippen LogP contribution in [0.25, 0.3) is 0 Å². The molecular formula is C12H12INO3. The van der Waals surface area contributed by atoms with Gasteiger partial charge in [0.1, 0.15) is 0 Å². The number of esters is 1. The number of hydrogen-bond acceptors (Lipinski definition) is 3. The Hall–Kier alpha value is -1.37. The second kappa shape index (κ2) is 7.83. The summed E-state index contributed by atoms with van der Waals surface area (Å²) in [5, 5.41) is 2.48. The van der Waals surface area contributed by atoms with Crippen molar-refractivity contribution >= 4 is 34.7 Å². The molecule has 0 saturated heterocycles. The van der Waals surface area contributed by atoms with Crippen LogP contribution in [0.4, 0.5) is 4.79 Å². The van der Waals surface area contributed by atoms with Gasteiger partial charge in [0.05, 0.1) is 5.56 Å². The van der Waals surface area contributed by atoms with Gasteiger partial charge in [-0.1, -0.05) is 46.9 Å². The van der Waals surface area contributed by atoms with Crippen LogP contribution in [-0.2, 0) is 4.74 Å². The summed E-state index contributed by atoms with van der Waals surface area (Å²) in [6, 6.07) is 8.38. The summed E-state index contributed by atoms with van der Waals surface area (Å²) in [6.45, 7) is 0.445. The molecule has 0 aromatic heterocycles. The molecule has 0 aliphatic rings. The summed E-state index contributed by atoms with van der Waals surface area (Å²) in [7, 11) is 0. The van der Waals surface area contributed by atoms with Gasteiger partial charge < -0.3 is 10.1 Å². The molecule has 0 atom stereocenters. The van der Waals surface area contributed by atoms with E-state index in [-0.39, 0.29) is 0 Å². The van der Waals surface area contributed by atoms with Crippen LogP contribution in [0.5, 0.6) is 0 Å². The van der Waals surface area contributed by atoms with E-state index in [1.165, 1.54) is 0 Å². The summed E-state index contributed by atoms with van der Waals surface area (Å²) in [6.07, 6.45) is 1.89. The summed E-state index contributed by atoms with van der Waals surface area (Å²) in [5.74, 6) is -0.646. The van der Waals surface area contributed by atoms with E-state index < -0.39 is 12.1 Å². The van der Waals surface area contributed by atoms with Crippen LogP contribution in [0.3, 0.4) is 0 Å². The number of amides is 1. The third-order valence-electron chi connectivity index (χ3n) is 1.86. The van der Waals surface area contributed by atoms with Crippen LogP contribution in [-0.4, -0.2) is 18.6 Å². The monoisotopic (exact) mass is 345 g/mol. The molecule has 1 aromatic rings. The second-order valence-electron chi connectivity index (χ2n) is 3.12. The molecular weight excluding hydrogens is 333 g/mol. The molecule has 1 amide bonds. The Labute approximate surface area is 113 Å². The molecule has 5 heteroatoms. The van der Waals surface area contributed by atoms with Gasteiger partial charge in [-0.2, -0.15) is 0 Å². The minimum Gasteiger partial charge on any atom is -0.373 e. The Morgan fingerprint density at radius 3 is 2.65 bits per heavy atom. The van der Waals surface area contributed by atoms with Crippen molar-refractivity contribution in [3.05, 3.63) is 46.1 Å². The van der Waals surface area contributed by atoms with E-state index in [1.807, 2.05) is 10.2 Å². The van der Waals surface area contributed by atoms with Gasteiger partial charge in [-0.25, -0.2) is 9.59 Å². The van der Waals surface area contributed by atoms with Crippen LogP contribution in [0, 0.1) is 0 Å². The first-order valence-corrected chi connectivity index (χ1v) is 6.29. The molecule has 0 unspecified atom stereocenters. The van der Waals surface area contributed by atoms with Crippen molar-refractivity contribution < 1.29 is 14.3 Å². The summed E-state index contributed by atoms with van der Waals surface area (Å²) in [4.78, 5) is 22.7. The van der Waals surface area contributed by atoms with Crippen molar-refractivity contribution in [3.8, 4) is 0 Å². The van der Waals surface area contributed by atoms with Gasteiger partial charge in [-0.05, 0) is 22.6 Å². The third-order valence-corrected chi connectivity index (χ3v) is 2.37. The lowest BCUT2D eigenvalue weighted by molar-refractivity contribution is 0.0623. The number of alkyl carbamates (subject to hydrolysis) is 1. The fourth-order valence-electron chi connectivity index (χ4n) is 1.07. The van der Waals surface area contributed by atoms with Crippen LogP contribution in [0.2, 0.25) is 0 Å². The normalized spacial score (nSPS) is 10.2.